The highest BCUT2D eigenvalue weighted by atomic mass is 16.5. The van der Waals surface area contributed by atoms with E-state index < -0.39 is 0 Å². The van der Waals surface area contributed by atoms with E-state index in [0.29, 0.717) is 6.54 Å². The third-order valence-electron chi connectivity index (χ3n) is 4.36. The molecule has 0 spiro atoms. The molecular formula is C17H22N3O2. The lowest BCUT2D eigenvalue weighted by molar-refractivity contribution is -0.133. The smallest absolute Gasteiger partial charge is 0.242 e. The van der Waals surface area contributed by atoms with Gasteiger partial charge in [-0.15, -0.1) is 0 Å². The summed E-state index contributed by atoms with van der Waals surface area (Å²) < 4.78 is 7.29. The molecule has 2 aromatic rings. The second-order valence-corrected chi connectivity index (χ2v) is 5.86. The van der Waals surface area contributed by atoms with Crippen molar-refractivity contribution in [1.82, 2.24) is 14.4 Å². The van der Waals surface area contributed by atoms with Crippen LogP contribution in [0.15, 0.2) is 18.2 Å². The van der Waals surface area contributed by atoms with Crippen molar-refractivity contribution in [1.29, 1.82) is 0 Å². The van der Waals surface area contributed by atoms with Crippen LogP contribution < -0.4 is 4.74 Å². The van der Waals surface area contributed by atoms with Gasteiger partial charge >= 0.3 is 0 Å². The minimum atomic E-state index is 0.179. The molecule has 1 aromatic carbocycles. The van der Waals surface area contributed by atoms with Gasteiger partial charge in [0.05, 0.1) is 7.11 Å². The number of likely N-dealkylation sites (N-methyl/N-ethyl adjacent to an activating group) is 1. The van der Waals surface area contributed by atoms with Crippen molar-refractivity contribution in [2.24, 2.45) is 0 Å². The van der Waals surface area contributed by atoms with Crippen LogP contribution >= 0.6 is 0 Å². The lowest BCUT2D eigenvalue weighted by atomic mass is 10.2. The number of piperazine rings is 1. The van der Waals surface area contributed by atoms with E-state index >= 15 is 0 Å². The predicted molar refractivity (Wildman–Crippen MR) is 86.1 cm³/mol. The molecule has 3 rings (SSSR count). The molecule has 1 saturated heterocycles. The second kappa shape index (κ2) is 6.01. The molecule has 1 aliphatic heterocycles. The monoisotopic (exact) mass is 300 g/mol. The number of aryl methyl sites for hydroxylation is 1. The Kier molecular flexibility index (Phi) is 4.07. The summed E-state index contributed by atoms with van der Waals surface area (Å²) in [7, 11) is 3.75. The van der Waals surface area contributed by atoms with Crippen LogP contribution in [-0.4, -0.2) is 60.6 Å². The molecule has 1 fully saturated rings. The normalized spacial score (nSPS) is 16.2. The van der Waals surface area contributed by atoms with E-state index in [1.165, 1.54) is 0 Å². The Balaban J connectivity index is 1.81. The number of benzene rings is 1. The lowest BCUT2D eigenvalue weighted by Gasteiger charge is -2.32. The first-order valence-corrected chi connectivity index (χ1v) is 7.61. The van der Waals surface area contributed by atoms with Crippen molar-refractivity contribution in [3.8, 4) is 5.75 Å². The molecule has 0 aliphatic carbocycles. The number of rotatable bonds is 3. The van der Waals surface area contributed by atoms with Gasteiger partial charge in [0.1, 0.15) is 12.3 Å². The van der Waals surface area contributed by atoms with Gasteiger partial charge in [-0.2, -0.15) is 0 Å². The SMILES string of the molecule is COc1ccc2c([c]c(C)n2CC(=O)N2CCN(C)CC2)c1. The minimum absolute atomic E-state index is 0.179. The van der Waals surface area contributed by atoms with Crippen LogP contribution in [0.25, 0.3) is 10.9 Å². The number of ether oxygens (including phenoxy) is 1. The van der Waals surface area contributed by atoms with Crippen LogP contribution in [-0.2, 0) is 11.3 Å². The van der Waals surface area contributed by atoms with Crippen molar-refractivity contribution >= 4 is 16.8 Å². The molecule has 1 amide bonds. The minimum Gasteiger partial charge on any atom is -0.497 e. The number of hydrogen-bond donors (Lipinski definition) is 0. The number of amides is 1. The van der Waals surface area contributed by atoms with Crippen LogP contribution in [0.2, 0.25) is 0 Å². The van der Waals surface area contributed by atoms with E-state index in [4.69, 9.17) is 4.74 Å². The summed E-state index contributed by atoms with van der Waals surface area (Å²) in [5.74, 6) is 0.990. The van der Waals surface area contributed by atoms with Crippen molar-refractivity contribution < 1.29 is 9.53 Å². The molecule has 0 atom stereocenters. The Hall–Kier alpha value is -2.01. The highest BCUT2D eigenvalue weighted by Gasteiger charge is 2.20. The number of hydrogen-bond acceptors (Lipinski definition) is 3. The van der Waals surface area contributed by atoms with Crippen LogP contribution in [0.3, 0.4) is 0 Å². The molecule has 2 heterocycles. The summed E-state index contributed by atoms with van der Waals surface area (Å²) in [4.78, 5) is 16.7. The van der Waals surface area contributed by atoms with Crippen LogP contribution in [0.1, 0.15) is 5.69 Å². The van der Waals surface area contributed by atoms with Gasteiger partial charge in [0.25, 0.3) is 0 Å². The maximum atomic E-state index is 12.5. The Labute approximate surface area is 131 Å². The van der Waals surface area contributed by atoms with Crippen molar-refractivity contribution in [3.63, 3.8) is 0 Å². The van der Waals surface area contributed by atoms with Gasteiger partial charge in [-0.25, -0.2) is 0 Å². The van der Waals surface area contributed by atoms with Crippen molar-refractivity contribution in [2.75, 3.05) is 40.3 Å². The standard InChI is InChI=1S/C17H22N3O2/c1-13-10-14-11-15(22-3)4-5-16(14)20(13)12-17(21)19-8-6-18(2)7-9-19/h4-5,11H,6-9,12H2,1-3H3. The zero-order valence-electron chi connectivity index (χ0n) is 13.4. The average molecular weight is 300 g/mol. The second-order valence-electron chi connectivity index (χ2n) is 5.86. The van der Waals surface area contributed by atoms with Gasteiger partial charge in [-0.1, -0.05) is 0 Å². The summed E-state index contributed by atoms with van der Waals surface area (Å²) in [6, 6.07) is 9.20. The van der Waals surface area contributed by atoms with Crippen LogP contribution in [0.5, 0.6) is 5.75 Å². The number of carbonyl (C=O) groups is 1. The van der Waals surface area contributed by atoms with Crippen molar-refractivity contribution in [3.05, 3.63) is 30.0 Å². The third-order valence-corrected chi connectivity index (χ3v) is 4.36. The van der Waals surface area contributed by atoms with E-state index in [0.717, 1.165) is 48.5 Å². The molecular weight excluding hydrogens is 278 g/mol. The average Bonchev–Trinajstić information content (AvgIpc) is 2.83. The number of nitrogens with zero attached hydrogens (tertiary/aromatic N) is 3. The highest BCUT2D eigenvalue weighted by molar-refractivity contribution is 5.85. The zero-order valence-corrected chi connectivity index (χ0v) is 13.4. The number of methoxy groups -OCH3 is 1. The summed E-state index contributed by atoms with van der Waals surface area (Å²) in [5, 5.41) is 0.989. The first kappa shape index (κ1) is 14.9. The summed E-state index contributed by atoms with van der Waals surface area (Å²) >= 11 is 0. The molecule has 0 N–H and O–H groups in total. The predicted octanol–water partition coefficient (Wildman–Crippen LogP) is 1.53. The Morgan fingerprint density at radius 1 is 1.27 bits per heavy atom. The molecule has 0 unspecified atom stereocenters. The maximum absolute atomic E-state index is 12.5. The molecule has 5 nitrogen and oxygen atoms in total. The van der Waals surface area contributed by atoms with Crippen molar-refractivity contribution in [2.45, 2.75) is 13.5 Å². The third kappa shape index (κ3) is 2.81. The van der Waals surface area contributed by atoms with E-state index in [-0.39, 0.29) is 5.91 Å². The van der Waals surface area contributed by atoms with E-state index in [9.17, 15) is 4.79 Å². The lowest BCUT2D eigenvalue weighted by Crippen LogP contribution is -2.48. The largest absolute Gasteiger partial charge is 0.497 e. The summed E-state index contributed by atoms with van der Waals surface area (Å²) in [6.45, 7) is 5.88. The van der Waals surface area contributed by atoms with Gasteiger partial charge < -0.3 is 19.1 Å². The Bertz CT molecular complexity index is 685. The quantitative estimate of drug-likeness (QED) is 0.863. The van der Waals surface area contributed by atoms with Gasteiger partial charge in [-0.05, 0) is 32.2 Å². The van der Waals surface area contributed by atoms with Gasteiger partial charge in [-0.3, -0.25) is 4.79 Å². The molecule has 1 radical (unpaired) electrons. The fourth-order valence-corrected chi connectivity index (χ4v) is 2.92. The first-order chi connectivity index (χ1) is 10.6. The van der Waals surface area contributed by atoms with Gasteiger partial charge in [0.2, 0.25) is 5.91 Å². The molecule has 1 aromatic heterocycles. The molecule has 22 heavy (non-hydrogen) atoms. The van der Waals surface area contributed by atoms with Crippen LogP contribution in [0, 0.1) is 13.0 Å². The van der Waals surface area contributed by atoms with Gasteiger partial charge in [0.15, 0.2) is 0 Å². The van der Waals surface area contributed by atoms with Crippen LogP contribution in [0.4, 0.5) is 0 Å². The highest BCUT2D eigenvalue weighted by Crippen LogP contribution is 2.24. The first-order valence-electron chi connectivity index (χ1n) is 7.61. The van der Waals surface area contributed by atoms with E-state index in [1.54, 1.807) is 7.11 Å². The Morgan fingerprint density at radius 2 is 2.00 bits per heavy atom. The number of aromatic nitrogens is 1. The summed E-state index contributed by atoms with van der Waals surface area (Å²) in [6.07, 6.45) is 0. The Morgan fingerprint density at radius 3 is 2.68 bits per heavy atom. The number of carbonyl (C=O) groups excluding carboxylic acids is 1. The molecule has 0 bridgehead atoms. The topological polar surface area (TPSA) is 37.7 Å². The van der Waals surface area contributed by atoms with Gasteiger partial charge in [0, 0.05) is 48.8 Å². The number of fused-ring (bicyclic) bond motifs is 1. The molecule has 5 heteroatoms. The molecule has 117 valence electrons. The fraction of sp³-hybridized carbons (Fsp3) is 0.471. The molecule has 0 saturated carbocycles. The van der Waals surface area contributed by atoms with E-state index in [2.05, 4.69) is 18.0 Å². The summed E-state index contributed by atoms with van der Waals surface area (Å²) in [5.41, 5.74) is 2.01. The maximum Gasteiger partial charge on any atom is 0.242 e. The fourth-order valence-electron chi connectivity index (χ4n) is 2.92. The zero-order chi connectivity index (χ0) is 15.7. The molecule has 1 aliphatic rings. The van der Waals surface area contributed by atoms with E-state index in [1.807, 2.05) is 34.6 Å².